The molecule has 2 atom stereocenters. The van der Waals surface area contributed by atoms with Crippen LogP contribution in [0.25, 0.3) is 0 Å². The zero-order valence-electron chi connectivity index (χ0n) is 13.3. The van der Waals surface area contributed by atoms with E-state index in [0.717, 1.165) is 25.6 Å². The van der Waals surface area contributed by atoms with Crippen LogP contribution in [0.2, 0.25) is 0 Å². The Morgan fingerprint density at radius 3 is 2.86 bits per heavy atom. The molecule has 0 amide bonds. The minimum absolute atomic E-state index is 0.279. The van der Waals surface area contributed by atoms with Crippen LogP contribution in [0.15, 0.2) is 24.3 Å². The van der Waals surface area contributed by atoms with Crippen molar-refractivity contribution >= 4 is 0 Å². The van der Waals surface area contributed by atoms with E-state index in [9.17, 15) is 5.11 Å². The molecule has 1 heterocycles. The Labute approximate surface area is 128 Å². The van der Waals surface area contributed by atoms with Crippen molar-refractivity contribution in [1.29, 1.82) is 0 Å². The van der Waals surface area contributed by atoms with Crippen LogP contribution in [0.1, 0.15) is 45.1 Å². The van der Waals surface area contributed by atoms with Gasteiger partial charge >= 0.3 is 0 Å². The minimum atomic E-state index is 0.279. The third kappa shape index (κ3) is 3.41. The van der Waals surface area contributed by atoms with E-state index in [-0.39, 0.29) is 5.54 Å². The van der Waals surface area contributed by atoms with Gasteiger partial charge in [-0.25, -0.2) is 0 Å². The van der Waals surface area contributed by atoms with Crippen LogP contribution in [0, 0.1) is 5.92 Å². The summed E-state index contributed by atoms with van der Waals surface area (Å²) in [6, 6.07) is 8.34. The summed E-state index contributed by atoms with van der Waals surface area (Å²) in [6.07, 6.45) is 5.22. The molecule has 2 fully saturated rings. The van der Waals surface area contributed by atoms with Gasteiger partial charge in [0.25, 0.3) is 0 Å². The number of phenolic OH excluding ortho intramolecular Hbond substituents is 1. The maximum Gasteiger partial charge on any atom is 0.115 e. The Morgan fingerprint density at radius 2 is 2.19 bits per heavy atom. The fourth-order valence-electron chi connectivity index (χ4n) is 3.77. The molecular weight excluding hydrogens is 260 g/mol. The van der Waals surface area contributed by atoms with Gasteiger partial charge in [0.05, 0.1) is 0 Å². The Bertz CT molecular complexity index is 486. The Morgan fingerprint density at radius 1 is 1.38 bits per heavy atom. The highest BCUT2D eigenvalue weighted by atomic mass is 16.3. The van der Waals surface area contributed by atoms with Crippen molar-refractivity contribution in [2.24, 2.45) is 5.92 Å². The molecule has 0 aromatic heterocycles. The van der Waals surface area contributed by atoms with E-state index in [0.29, 0.717) is 11.8 Å². The van der Waals surface area contributed by atoms with Gasteiger partial charge in [0.15, 0.2) is 0 Å². The second kappa shape index (κ2) is 5.98. The third-order valence-corrected chi connectivity index (χ3v) is 5.19. The highest BCUT2D eigenvalue weighted by Crippen LogP contribution is 2.41. The van der Waals surface area contributed by atoms with Gasteiger partial charge < -0.3 is 10.4 Å². The smallest absolute Gasteiger partial charge is 0.115 e. The van der Waals surface area contributed by atoms with Gasteiger partial charge in [-0.05, 0) is 49.8 Å². The van der Waals surface area contributed by atoms with Crippen LogP contribution in [-0.2, 0) is 6.54 Å². The molecule has 0 spiro atoms. The average Bonchev–Trinajstić information content (AvgIpc) is 3.27. The first-order valence-electron chi connectivity index (χ1n) is 8.38. The standard InChI is InChI=1S/C18H28N2O/c1-3-5-16-11-19-18(2,15-8-9-15)13-20(16)12-14-6-4-7-17(21)10-14/h4,6-7,10,15-16,19,21H,3,5,8-9,11-13H2,1-2H3. The normalized spacial score (nSPS) is 30.5. The SMILES string of the molecule is CCCC1CNC(C)(C2CC2)CN1Cc1cccc(O)c1. The summed E-state index contributed by atoms with van der Waals surface area (Å²) in [5, 5.41) is 13.5. The molecule has 1 saturated heterocycles. The monoisotopic (exact) mass is 288 g/mol. The van der Waals surface area contributed by atoms with Crippen LogP contribution >= 0.6 is 0 Å². The van der Waals surface area contributed by atoms with Gasteiger partial charge in [-0.2, -0.15) is 0 Å². The van der Waals surface area contributed by atoms with E-state index in [4.69, 9.17) is 0 Å². The molecule has 3 nitrogen and oxygen atoms in total. The molecule has 1 aromatic rings. The average molecular weight is 288 g/mol. The molecule has 116 valence electrons. The number of hydrogen-bond acceptors (Lipinski definition) is 3. The van der Waals surface area contributed by atoms with Crippen molar-refractivity contribution in [2.45, 2.75) is 57.7 Å². The number of hydrogen-bond donors (Lipinski definition) is 2. The summed E-state index contributed by atoms with van der Waals surface area (Å²) in [5.74, 6) is 1.23. The molecule has 3 heteroatoms. The number of piperazine rings is 1. The summed E-state index contributed by atoms with van der Waals surface area (Å²) < 4.78 is 0. The lowest BCUT2D eigenvalue weighted by Crippen LogP contribution is -2.63. The fraction of sp³-hybridized carbons (Fsp3) is 0.667. The molecule has 0 bridgehead atoms. The predicted molar refractivity (Wildman–Crippen MR) is 86.3 cm³/mol. The summed E-state index contributed by atoms with van der Waals surface area (Å²) in [5.41, 5.74) is 1.50. The van der Waals surface area contributed by atoms with E-state index < -0.39 is 0 Å². The van der Waals surface area contributed by atoms with E-state index >= 15 is 0 Å². The highest BCUT2D eigenvalue weighted by Gasteiger charge is 2.45. The fourth-order valence-corrected chi connectivity index (χ4v) is 3.77. The Hall–Kier alpha value is -1.06. The predicted octanol–water partition coefficient (Wildman–Crippen LogP) is 3.13. The van der Waals surface area contributed by atoms with Crippen LogP contribution in [-0.4, -0.2) is 34.7 Å². The summed E-state index contributed by atoms with van der Waals surface area (Å²) >= 11 is 0. The van der Waals surface area contributed by atoms with Crippen LogP contribution in [0.3, 0.4) is 0 Å². The molecule has 0 radical (unpaired) electrons. The van der Waals surface area contributed by atoms with Crippen molar-refractivity contribution in [3.05, 3.63) is 29.8 Å². The number of rotatable bonds is 5. The van der Waals surface area contributed by atoms with Gasteiger partial charge in [0, 0.05) is 31.2 Å². The lowest BCUT2D eigenvalue weighted by Gasteiger charge is -2.47. The lowest BCUT2D eigenvalue weighted by atomic mass is 9.89. The largest absolute Gasteiger partial charge is 0.508 e. The lowest BCUT2D eigenvalue weighted by molar-refractivity contribution is 0.0638. The first-order valence-corrected chi connectivity index (χ1v) is 8.38. The topological polar surface area (TPSA) is 35.5 Å². The van der Waals surface area contributed by atoms with Gasteiger partial charge in [-0.15, -0.1) is 0 Å². The van der Waals surface area contributed by atoms with Crippen molar-refractivity contribution in [1.82, 2.24) is 10.2 Å². The maximum atomic E-state index is 9.68. The van der Waals surface area contributed by atoms with E-state index in [1.807, 2.05) is 12.1 Å². The second-order valence-corrected chi connectivity index (χ2v) is 7.09. The summed E-state index contributed by atoms with van der Waals surface area (Å²) in [6.45, 7) is 7.82. The molecule has 1 saturated carbocycles. The molecule has 3 rings (SSSR count). The molecule has 1 aliphatic heterocycles. The molecule has 21 heavy (non-hydrogen) atoms. The number of nitrogens with zero attached hydrogens (tertiary/aromatic N) is 1. The number of aromatic hydroxyl groups is 1. The molecule has 2 aliphatic rings. The summed E-state index contributed by atoms with van der Waals surface area (Å²) in [4.78, 5) is 2.63. The first-order chi connectivity index (χ1) is 10.1. The van der Waals surface area contributed by atoms with Crippen molar-refractivity contribution in [3.8, 4) is 5.75 Å². The molecular formula is C18H28N2O. The van der Waals surface area contributed by atoms with Crippen LogP contribution in [0.4, 0.5) is 0 Å². The van der Waals surface area contributed by atoms with Crippen LogP contribution < -0.4 is 5.32 Å². The number of benzene rings is 1. The zero-order valence-corrected chi connectivity index (χ0v) is 13.3. The van der Waals surface area contributed by atoms with E-state index in [2.05, 4.69) is 30.1 Å². The second-order valence-electron chi connectivity index (χ2n) is 7.09. The highest BCUT2D eigenvalue weighted by molar-refractivity contribution is 5.27. The third-order valence-electron chi connectivity index (χ3n) is 5.19. The molecule has 2 N–H and O–H groups in total. The van der Waals surface area contributed by atoms with Gasteiger partial charge in [-0.3, -0.25) is 4.90 Å². The molecule has 1 aliphatic carbocycles. The van der Waals surface area contributed by atoms with Crippen molar-refractivity contribution in [2.75, 3.05) is 13.1 Å². The Kier molecular flexibility index (Phi) is 4.23. The minimum Gasteiger partial charge on any atom is -0.508 e. The molecule has 1 aromatic carbocycles. The van der Waals surface area contributed by atoms with Crippen molar-refractivity contribution < 1.29 is 5.11 Å². The van der Waals surface area contributed by atoms with E-state index in [1.165, 1.54) is 31.2 Å². The van der Waals surface area contributed by atoms with Gasteiger partial charge in [0.1, 0.15) is 5.75 Å². The quantitative estimate of drug-likeness (QED) is 0.874. The van der Waals surface area contributed by atoms with Crippen LogP contribution in [0.5, 0.6) is 5.75 Å². The Balaban J connectivity index is 1.73. The number of nitrogens with one attached hydrogen (secondary N) is 1. The zero-order chi connectivity index (χ0) is 14.9. The van der Waals surface area contributed by atoms with Gasteiger partial charge in [0.2, 0.25) is 0 Å². The van der Waals surface area contributed by atoms with E-state index in [1.54, 1.807) is 6.07 Å². The first kappa shape index (κ1) is 14.9. The number of phenols is 1. The molecule has 2 unspecified atom stereocenters. The summed E-state index contributed by atoms with van der Waals surface area (Å²) in [7, 11) is 0. The maximum absolute atomic E-state index is 9.68. The van der Waals surface area contributed by atoms with Gasteiger partial charge in [-0.1, -0.05) is 25.5 Å². The van der Waals surface area contributed by atoms with Crippen molar-refractivity contribution in [3.63, 3.8) is 0 Å².